The van der Waals surface area contributed by atoms with Gasteiger partial charge in [-0.05, 0) is 12.3 Å². The molecular weight excluding hydrogens is 232 g/mol. The van der Waals surface area contributed by atoms with E-state index in [0.717, 1.165) is 19.5 Å². The molecule has 1 fully saturated rings. The third kappa shape index (κ3) is 1.97. The molecule has 3 rings (SSSR count). The summed E-state index contributed by atoms with van der Waals surface area (Å²) in [5.74, 6) is 1.84. The average Bonchev–Trinajstić information content (AvgIpc) is 3.01. The van der Waals surface area contributed by atoms with Gasteiger partial charge in [0.2, 0.25) is 5.95 Å². The Bertz CT molecular complexity index is 507. The molecule has 2 aromatic heterocycles. The first-order valence-electron chi connectivity index (χ1n) is 6.07. The third-order valence-electron chi connectivity index (χ3n) is 3.45. The summed E-state index contributed by atoms with van der Waals surface area (Å²) in [6, 6.07) is 1.92. The normalized spacial score (nSPS) is 24.4. The Morgan fingerprint density at radius 1 is 1.56 bits per heavy atom. The van der Waals surface area contributed by atoms with E-state index in [1.165, 1.54) is 6.26 Å². The van der Waals surface area contributed by atoms with Gasteiger partial charge in [0.05, 0.1) is 0 Å². The van der Waals surface area contributed by atoms with Crippen LogP contribution in [0, 0.1) is 5.92 Å². The summed E-state index contributed by atoms with van der Waals surface area (Å²) in [4.78, 5) is 6.52. The van der Waals surface area contributed by atoms with Crippen LogP contribution < -0.4 is 10.6 Å². The zero-order chi connectivity index (χ0) is 12.5. The lowest BCUT2D eigenvalue weighted by atomic mass is 9.95. The molecule has 0 radical (unpaired) electrons. The summed E-state index contributed by atoms with van der Waals surface area (Å²) in [7, 11) is 0. The summed E-state index contributed by atoms with van der Waals surface area (Å²) in [5.41, 5.74) is 6.73. The van der Waals surface area contributed by atoms with E-state index in [4.69, 9.17) is 10.3 Å². The van der Waals surface area contributed by atoms with Crippen molar-refractivity contribution in [3.63, 3.8) is 0 Å². The maximum Gasteiger partial charge on any atom is 0.245 e. The molecule has 3 N–H and O–H groups in total. The molecule has 0 bridgehead atoms. The molecule has 7 nitrogen and oxygen atoms in total. The van der Waals surface area contributed by atoms with E-state index < -0.39 is 0 Å². The van der Waals surface area contributed by atoms with Crippen LogP contribution in [0.25, 0.3) is 11.5 Å². The number of aromatic amines is 1. The average molecular weight is 248 g/mol. The van der Waals surface area contributed by atoms with E-state index in [1.807, 2.05) is 0 Å². The Hall–Kier alpha value is -1.89. The summed E-state index contributed by atoms with van der Waals surface area (Å²) >= 11 is 0. The highest BCUT2D eigenvalue weighted by Crippen LogP contribution is 2.21. The summed E-state index contributed by atoms with van der Waals surface area (Å²) in [5, 5.41) is 10.9. The van der Waals surface area contributed by atoms with Gasteiger partial charge in [-0.1, -0.05) is 12.1 Å². The second-order valence-electron chi connectivity index (χ2n) is 4.74. The van der Waals surface area contributed by atoms with Crippen LogP contribution in [0.1, 0.15) is 13.3 Å². The summed E-state index contributed by atoms with van der Waals surface area (Å²) in [6.45, 7) is 3.91. The van der Waals surface area contributed by atoms with Crippen molar-refractivity contribution >= 4 is 5.95 Å². The molecular formula is C11H16N6O. The standard InChI is InChI=1S/C11H16N6O/c1-7-2-4-17(6-8(7)12)11-13-10(14-15-11)9-3-5-18-16-9/h3,5,7-8H,2,4,6,12H2,1H3,(H,13,14,15). The van der Waals surface area contributed by atoms with Crippen LogP contribution in [0.2, 0.25) is 0 Å². The largest absolute Gasteiger partial charge is 0.364 e. The highest BCUT2D eigenvalue weighted by Gasteiger charge is 2.25. The van der Waals surface area contributed by atoms with Crippen molar-refractivity contribution in [2.45, 2.75) is 19.4 Å². The number of hydrogen-bond acceptors (Lipinski definition) is 6. The van der Waals surface area contributed by atoms with E-state index in [1.54, 1.807) is 6.07 Å². The van der Waals surface area contributed by atoms with Crippen molar-refractivity contribution in [1.82, 2.24) is 20.3 Å². The number of hydrogen-bond donors (Lipinski definition) is 2. The Morgan fingerprint density at radius 3 is 3.17 bits per heavy atom. The Morgan fingerprint density at radius 2 is 2.44 bits per heavy atom. The molecule has 2 atom stereocenters. The molecule has 0 spiro atoms. The number of piperidine rings is 1. The van der Waals surface area contributed by atoms with Crippen molar-refractivity contribution < 1.29 is 4.52 Å². The predicted octanol–water partition coefficient (Wildman–Crippen LogP) is 0.633. The van der Waals surface area contributed by atoms with Gasteiger partial charge >= 0.3 is 0 Å². The van der Waals surface area contributed by atoms with Gasteiger partial charge in [-0.25, -0.2) is 0 Å². The lowest BCUT2D eigenvalue weighted by Gasteiger charge is -2.34. The predicted molar refractivity (Wildman–Crippen MR) is 65.8 cm³/mol. The van der Waals surface area contributed by atoms with Gasteiger partial charge in [0.15, 0.2) is 11.5 Å². The zero-order valence-corrected chi connectivity index (χ0v) is 10.2. The number of nitrogens with one attached hydrogen (secondary N) is 1. The second kappa shape index (κ2) is 4.41. The van der Waals surface area contributed by atoms with Crippen LogP contribution in [-0.4, -0.2) is 39.5 Å². The van der Waals surface area contributed by atoms with Gasteiger partial charge in [0.25, 0.3) is 0 Å². The minimum absolute atomic E-state index is 0.174. The van der Waals surface area contributed by atoms with E-state index in [-0.39, 0.29) is 6.04 Å². The fraction of sp³-hybridized carbons (Fsp3) is 0.545. The lowest BCUT2D eigenvalue weighted by molar-refractivity contribution is 0.376. The molecule has 3 heterocycles. The molecule has 1 aliphatic heterocycles. The number of H-pyrrole nitrogens is 1. The first-order valence-corrected chi connectivity index (χ1v) is 6.07. The van der Waals surface area contributed by atoms with Crippen molar-refractivity contribution in [3.8, 4) is 11.5 Å². The maximum atomic E-state index is 6.07. The van der Waals surface area contributed by atoms with Crippen LogP contribution >= 0.6 is 0 Å². The SMILES string of the molecule is CC1CCN(c2n[nH]c(-c3ccon3)n2)CC1N. The van der Waals surface area contributed by atoms with Crippen molar-refractivity contribution in [2.24, 2.45) is 11.7 Å². The van der Waals surface area contributed by atoms with Crippen LogP contribution in [0.5, 0.6) is 0 Å². The van der Waals surface area contributed by atoms with E-state index in [9.17, 15) is 0 Å². The fourth-order valence-electron chi connectivity index (χ4n) is 2.12. The molecule has 96 valence electrons. The summed E-state index contributed by atoms with van der Waals surface area (Å²) in [6.07, 6.45) is 2.57. The molecule has 0 aliphatic carbocycles. The van der Waals surface area contributed by atoms with E-state index in [2.05, 4.69) is 32.2 Å². The first kappa shape index (κ1) is 11.2. The highest BCUT2D eigenvalue weighted by atomic mass is 16.5. The Balaban J connectivity index is 1.77. The van der Waals surface area contributed by atoms with Crippen molar-refractivity contribution in [2.75, 3.05) is 18.0 Å². The lowest BCUT2D eigenvalue weighted by Crippen LogP contribution is -2.48. The van der Waals surface area contributed by atoms with Crippen molar-refractivity contribution in [1.29, 1.82) is 0 Å². The molecule has 0 saturated carbocycles. The number of aromatic nitrogens is 4. The minimum atomic E-state index is 0.174. The fourth-order valence-corrected chi connectivity index (χ4v) is 2.12. The van der Waals surface area contributed by atoms with Gasteiger partial charge in [-0.3, -0.25) is 5.10 Å². The quantitative estimate of drug-likeness (QED) is 0.809. The number of nitrogens with zero attached hydrogens (tertiary/aromatic N) is 4. The molecule has 1 saturated heterocycles. The van der Waals surface area contributed by atoms with E-state index >= 15 is 0 Å². The van der Waals surface area contributed by atoms with Crippen LogP contribution in [0.3, 0.4) is 0 Å². The number of anilines is 1. The minimum Gasteiger partial charge on any atom is -0.364 e. The van der Waals surface area contributed by atoms with Crippen LogP contribution in [0.15, 0.2) is 16.9 Å². The molecule has 1 aliphatic rings. The highest BCUT2D eigenvalue weighted by molar-refractivity contribution is 5.49. The molecule has 0 amide bonds. The van der Waals surface area contributed by atoms with Gasteiger partial charge < -0.3 is 15.2 Å². The van der Waals surface area contributed by atoms with Gasteiger partial charge in [0, 0.05) is 25.2 Å². The van der Waals surface area contributed by atoms with Gasteiger partial charge in [-0.2, -0.15) is 4.98 Å². The first-order chi connectivity index (χ1) is 8.74. The summed E-state index contributed by atoms with van der Waals surface area (Å²) < 4.78 is 4.78. The zero-order valence-electron chi connectivity index (χ0n) is 10.2. The van der Waals surface area contributed by atoms with Gasteiger partial charge in [0.1, 0.15) is 6.26 Å². The van der Waals surface area contributed by atoms with Crippen molar-refractivity contribution in [3.05, 3.63) is 12.3 Å². The Kier molecular flexibility index (Phi) is 2.75. The monoisotopic (exact) mass is 248 g/mol. The third-order valence-corrected chi connectivity index (χ3v) is 3.45. The van der Waals surface area contributed by atoms with Crippen LogP contribution in [0.4, 0.5) is 5.95 Å². The second-order valence-corrected chi connectivity index (χ2v) is 4.74. The molecule has 2 unspecified atom stereocenters. The molecule has 18 heavy (non-hydrogen) atoms. The smallest absolute Gasteiger partial charge is 0.245 e. The topological polar surface area (TPSA) is 96.9 Å². The van der Waals surface area contributed by atoms with Crippen LogP contribution in [-0.2, 0) is 0 Å². The molecule has 7 heteroatoms. The molecule has 0 aromatic carbocycles. The maximum absolute atomic E-state index is 6.07. The number of nitrogens with two attached hydrogens (primary N) is 1. The van der Waals surface area contributed by atoms with E-state index in [0.29, 0.717) is 23.4 Å². The Labute approximate surface area is 104 Å². The van der Waals surface area contributed by atoms with Gasteiger partial charge in [-0.15, -0.1) is 5.10 Å². The molecule has 2 aromatic rings. The number of rotatable bonds is 2.